The van der Waals surface area contributed by atoms with Crippen LogP contribution in [0.1, 0.15) is 77.3 Å². The molecule has 0 aromatic heterocycles. The molecule has 2 aliphatic heterocycles. The maximum Gasteiger partial charge on any atom is 0.165 e. The Morgan fingerprint density at radius 2 is 1.91 bits per heavy atom. The molecule has 4 saturated carbocycles. The van der Waals surface area contributed by atoms with Crippen molar-refractivity contribution in [3.63, 3.8) is 0 Å². The van der Waals surface area contributed by atoms with Crippen molar-refractivity contribution in [2.45, 2.75) is 101 Å². The molecular formula is C29H41NO4. The molecule has 0 amide bonds. The Bertz CT molecular complexity index is 1060. The third kappa shape index (κ3) is 2.25. The number of phenols is 1. The van der Waals surface area contributed by atoms with Crippen LogP contribution in [0.2, 0.25) is 0 Å². The summed E-state index contributed by atoms with van der Waals surface area (Å²) in [6, 6.07) is 4.46. The van der Waals surface area contributed by atoms with Crippen molar-refractivity contribution in [3.8, 4) is 11.5 Å². The van der Waals surface area contributed by atoms with Gasteiger partial charge >= 0.3 is 0 Å². The summed E-state index contributed by atoms with van der Waals surface area (Å²) in [7, 11) is 1.83. The molecule has 1 aromatic rings. The molecule has 3 unspecified atom stereocenters. The van der Waals surface area contributed by atoms with Gasteiger partial charge in [0.25, 0.3) is 0 Å². The first-order chi connectivity index (χ1) is 16.0. The number of hydrogen-bond acceptors (Lipinski definition) is 5. The Morgan fingerprint density at radius 3 is 2.59 bits per heavy atom. The molecule has 0 radical (unpaired) electrons. The number of fused-ring (bicyclic) bond motifs is 2. The van der Waals surface area contributed by atoms with E-state index in [4.69, 9.17) is 9.47 Å². The maximum absolute atomic E-state index is 12.2. The molecule has 5 nitrogen and oxygen atoms in total. The van der Waals surface area contributed by atoms with Crippen molar-refractivity contribution in [1.82, 2.24) is 4.90 Å². The van der Waals surface area contributed by atoms with Gasteiger partial charge in [0, 0.05) is 42.0 Å². The fourth-order valence-corrected chi connectivity index (χ4v) is 9.58. The normalized spacial score (nSPS) is 43.9. The number of aromatic hydroxyl groups is 1. The van der Waals surface area contributed by atoms with Crippen LogP contribution in [0.15, 0.2) is 12.1 Å². The lowest BCUT2D eigenvalue weighted by Gasteiger charge is -2.75. The number of likely N-dealkylation sites (tertiary alicyclic amines) is 1. The molecule has 7 atom stereocenters. The number of benzene rings is 1. The lowest BCUT2D eigenvalue weighted by atomic mass is 9.33. The molecule has 1 aromatic carbocycles. The summed E-state index contributed by atoms with van der Waals surface area (Å²) in [6.07, 6.45) is 7.64. The maximum atomic E-state index is 12.2. The number of aliphatic hydroxyl groups is 1. The first kappa shape index (κ1) is 21.9. The third-order valence-electron chi connectivity index (χ3n) is 11.9. The van der Waals surface area contributed by atoms with Gasteiger partial charge in [-0.1, -0.05) is 26.8 Å². The van der Waals surface area contributed by atoms with Gasteiger partial charge in [-0.15, -0.1) is 0 Å². The van der Waals surface area contributed by atoms with Gasteiger partial charge in [0.2, 0.25) is 0 Å². The predicted molar refractivity (Wildman–Crippen MR) is 130 cm³/mol. The van der Waals surface area contributed by atoms with Gasteiger partial charge in [0.1, 0.15) is 11.7 Å². The van der Waals surface area contributed by atoms with Gasteiger partial charge in [0.15, 0.2) is 11.5 Å². The molecule has 8 rings (SSSR count). The van der Waals surface area contributed by atoms with E-state index in [1.54, 1.807) is 0 Å². The smallest absolute Gasteiger partial charge is 0.165 e. The van der Waals surface area contributed by atoms with E-state index in [9.17, 15) is 10.2 Å². The quantitative estimate of drug-likeness (QED) is 0.687. The number of methoxy groups -OCH3 is 1. The third-order valence-corrected chi connectivity index (χ3v) is 11.9. The highest BCUT2D eigenvalue weighted by atomic mass is 16.6. The molecule has 2 spiro atoms. The average Bonchev–Trinajstić information content (AvgIpc) is 3.53. The minimum atomic E-state index is -0.909. The second-order valence-corrected chi connectivity index (χ2v) is 13.8. The summed E-state index contributed by atoms with van der Waals surface area (Å²) in [5.41, 5.74) is 0.783. The molecule has 186 valence electrons. The van der Waals surface area contributed by atoms with Gasteiger partial charge in [-0.25, -0.2) is 0 Å². The van der Waals surface area contributed by atoms with E-state index in [1.807, 2.05) is 20.1 Å². The van der Waals surface area contributed by atoms with Gasteiger partial charge in [0.05, 0.1) is 5.60 Å². The van der Waals surface area contributed by atoms with Crippen LogP contribution in [-0.2, 0) is 16.6 Å². The summed E-state index contributed by atoms with van der Waals surface area (Å²) >= 11 is 0. The lowest BCUT2D eigenvalue weighted by Crippen LogP contribution is -2.83. The standard InChI is InChI=1S/C29H41NO4/c1-25(2,3)26(4,32)20-15-27-10-11-29(20,33-5)24-28(27)12-13-30(16-17-6-7-17)21(27)14-18-8-9-19(31)23(34-24)22(18)28/h8-9,17,20-21,24,31-32H,6-7,10-16H2,1-5H3/t20-,21-,24-,26?,27?,28?,29-/m1/s1. The first-order valence-corrected chi connectivity index (χ1v) is 13.6. The molecular weight excluding hydrogens is 426 g/mol. The van der Waals surface area contributed by atoms with Crippen molar-refractivity contribution in [1.29, 1.82) is 0 Å². The van der Waals surface area contributed by atoms with Gasteiger partial charge in [-0.3, -0.25) is 4.90 Å². The van der Waals surface area contributed by atoms with E-state index in [-0.39, 0.29) is 34.0 Å². The zero-order valence-electron chi connectivity index (χ0n) is 21.5. The van der Waals surface area contributed by atoms with Gasteiger partial charge in [-0.05, 0) is 81.4 Å². The molecule has 5 heteroatoms. The molecule has 34 heavy (non-hydrogen) atoms. The van der Waals surface area contributed by atoms with Crippen molar-refractivity contribution in [3.05, 3.63) is 23.3 Å². The van der Waals surface area contributed by atoms with E-state index < -0.39 is 11.2 Å². The zero-order chi connectivity index (χ0) is 23.9. The van der Waals surface area contributed by atoms with E-state index in [2.05, 4.69) is 31.7 Å². The second-order valence-electron chi connectivity index (χ2n) is 13.8. The number of ether oxygens (including phenoxy) is 2. The predicted octanol–water partition coefficient (Wildman–Crippen LogP) is 4.41. The van der Waals surface area contributed by atoms with E-state index >= 15 is 0 Å². The Balaban J connectivity index is 1.47. The lowest BCUT2D eigenvalue weighted by molar-refractivity contribution is -0.312. The largest absolute Gasteiger partial charge is 0.504 e. The average molecular weight is 468 g/mol. The highest BCUT2D eigenvalue weighted by Gasteiger charge is 2.82. The summed E-state index contributed by atoms with van der Waals surface area (Å²) in [5.74, 6) is 1.80. The Labute approximate surface area is 203 Å². The minimum absolute atomic E-state index is 0.0294. The Hall–Kier alpha value is -1.30. The number of piperidine rings is 1. The van der Waals surface area contributed by atoms with Crippen LogP contribution in [0.5, 0.6) is 11.5 Å². The Morgan fingerprint density at radius 1 is 1.15 bits per heavy atom. The zero-order valence-corrected chi connectivity index (χ0v) is 21.5. The van der Waals surface area contributed by atoms with Crippen LogP contribution in [0.25, 0.3) is 0 Å². The minimum Gasteiger partial charge on any atom is -0.504 e. The summed E-state index contributed by atoms with van der Waals surface area (Å²) in [5, 5.41) is 23.2. The molecule has 5 fully saturated rings. The molecule has 4 bridgehead atoms. The van der Waals surface area contributed by atoms with Gasteiger partial charge < -0.3 is 19.7 Å². The van der Waals surface area contributed by atoms with Crippen LogP contribution in [-0.4, -0.2) is 58.7 Å². The molecule has 2 N–H and O–H groups in total. The van der Waals surface area contributed by atoms with Crippen LogP contribution in [0.3, 0.4) is 0 Å². The number of rotatable bonds is 4. The van der Waals surface area contributed by atoms with Crippen LogP contribution in [0, 0.1) is 22.7 Å². The molecule has 5 aliphatic carbocycles. The Kier molecular flexibility index (Phi) is 4.08. The van der Waals surface area contributed by atoms with Crippen molar-refractivity contribution in [2.24, 2.45) is 22.7 Å². The van der Waals surface area contributed by atoms with E-state index in [0.29, 0.717) is 11.8 Å². The van der Waals surface area contributed by atoms with Gasteiger partial charge in [-0.2, -0.15) is 0 Å². The highest BCUT2D eigenvalue weighted by Crippen LogP contribution is 2.78. The van der Waals surface area contributed by atoms with Crippen molar-refractivity contribution < 1.29 is 19.7 Å². The number of phenolic OH excluding ortho intramolecular Hbond substituents is 1. The van der Waals surface area contributed by atoms with Crippen LogP contribution in [0.4, 0.5) is 0 Å². The summed E-state index contributed by atoms with van der Waals surface area (Å²) in [4.78, 5) is 2.82. The highest BCUT2D eigenvalue weighted by molar-refractivity contribution is 5.63. The number of hydrogen-bond donors (Lipinski definition) is 2. The van der Waals surface area contributed by atoms with Crippen molar-refractivity contribution in [2.75, 3.05) is 20.2 Å². The SMILES string of the molecule is CO[C@]12CCC3(C[C@@H]1C(C)(O)C(C)(C)C)[C@H]1Cc4ccc(O)c5c4C3(CCN1CC1CC1)[C@H]2O5. The number of nitrogens with zero attached hydrogens (tertiary/aromatic N) is 1. The molecule has 2 heterocycles. The molecule has 7 aliphatic rings. The van der Waals surface area contributed by atoms with Crippen LogP contribution >= 0.6 is 0 Å². The van der Waals surface area contributed by atoms with Crippen LogP contribution < -0.4 is 4.74 Å². The topological polar surface area (TPSA) is 62.2 Å². The fourth-order valence-electron chi connectivity index (χ4n) is 9.58. The van der Waals surface area contributed by atoms with E-state index in [0.717, 1.165) is 44.6 Å². The second kappa shape index (κ2) is 6.33. The molecule has 1 saturated heterocycles. The monoisotopic (exact) mass is 467 g/mol. The van der Waals surface area contributed by atoms with Crippen molar-refractivity contribution >= 4 is 0 Å². The first-order valence-electron chi connectivity index (χ1n) is 13.6. The summed E-state index contributed by atoms with van der Waals surface area (Å²) < 4.78 is 13.5. The summed E-state index contributed by atoms with van der Waals surface area (Å²) in [6.45, 7) is 10.8. The fraction of sp³-hybridized carbons (Fsp3) is 0.793. The van der Waals surface area contributed by atoms with E-state index in [1.165, 1.54) is 30.5 Å².